The van der Waals surface area contributed by atoms with Crippen molar-refractivity contribution in [2.75, 3.05) is 13.2 Å². The molecule has 82 valence electrons. The summed E-state index contributed by atoms with van der Waals surface area (Å²) in [6.45, 7) is 5.39. The summed E-state index contributed by atoms with van der Waals surface area (Å²) in [6, 6.07) is 0. The predicted molar refractivity (Wildman–Crippen MR) is 54.0 cm³/mol. The molecule has 1 unspecified atom stereocenters. The molecule has 0 spiro atoms. The summed E-state index contributed by atoms with van der Waals surface area (Å²) in [5.74, 6) is 0.0629. The lowest BCUT2D eigenvalue weighted by molar-refractivity contribution is -0.149. The van der Waals surface area contributed by atoms with Gasteiger partial charge < -0.3 is 9.47 Å². The fourth-order valence-electron chi connectivity index (χ4n) is 1.53. The van der Waals surface area contributed by atoms with Gasteiger partial charge in [0.15, 0.2) is 0 Å². The molecule has 1 aliphatic rings. The maximum Gasteiger partial charge on any atom is 0.309 e. The summed E-state index contributed by atoms with van der Waals surface area (Å²) in [4.78, 5) is 11.6. The predicted octanol–water partition coefficient (Wildman–Crippen LogP) is 2.14. The van der Waals surface area contributed by atoms with Gasteiger partial charge in [0, 0.05) is 0 Å². The molecule has 0 aliphatic carbocycles. The van der Waals surface area contributed by atoms with E-state index >= 15 is 0 Å². The first-order chi connectivity index (χ1) is 6.77. The zero-order valence-electron chi connectivity index (χ0n) is 9.12. The quantitative estimate of drug-likeness (QED) is 0.467. The van der Waals surface area contributed by atoms with Gasteiger partial charge in [-0.2, -0.15) is 0 Å². The molecule has 0 aromatic carbocycles. The lowest BCUT2D eigenvalue weighted by Crippen LogP contribution is -2.19. The molecule has 1 saturated heterocycles. The first-order valence-corrected chi connectivity index (χ1v) is 5.56. The molecule has 0 saturated carbocycles. The highest BCUT2D eigenvalue weighted by atomic mass is 16.6. The van der Waals surface area contributed by atoms with E-state index in [2.05, 4.69) is 13.8 Å². The van der Waals surface area contributed by atoms with Gasteiger partial charge in [-0.3, -0.25) is 4.79 Å². The van der Waals surface area contributed by atoms with E-state index in [1.807, 2.05) is 0 Å². The van der Waals surface area contributed by atoms with Crippen LogP contribution in [-0.4, -0.2) is 25.3 Å². The summed E-state index contributed by atoms with van der Waals surface area (Å²) in [5, 5.41) is 0. The number of esters is 1. The van der Waals surface area contributed by atoms with E-state index in [1.54, 1.807) is 0 Å². The molecule has 1 rings (SSSR count). The van der Waals surface area contributed by atoms with Crippen molar-refractivity contribution in [2.24, 2.45) is 5.92 Å². The highest BCUT2D eigenvalue weighted by Crippen LogP contribution is 2.17. The van der Waals surface area contributed by atoms with Gasteiger partial charge in [0.25, 0.3) is 0 Å². The van der Waals surface area contributed by atoms with Gasteiger partial charge in [-0.1, -0.05) is 26.7 Å². The summed E-state index contributed by atoms with van der Waals surface area (Å²) in [6.07, 6.45) is 4.15. The molecule has 3 heteroatoms. The van der Waals surface area contributed by atoms with Crippen LogP contribution in [0.5, 0.6) is 0 Å². The molecule has 0 radical (unpaired) electrons. The van der Waals surface area contributed by atoms with Gasteiger partial charge >= 0.3 is 5.97 Å². The fourth-order valence-corrected chi connectivity index (χ4v) is 1.53. The summed E-state index contributed by atoms with van der Waals surface area (Å²) in [5.41, 5.74) is 0. The monoisotopic (exact) mass is 200 g/mol. The van der Waals surface area contributed by atoms with E-state index in [-0.39, 0.29) is 18.0 Å². The lowest BCUT2D eigenvalue weighted by atomic mass is 9.99. The molecule has 0 amide bonds. The van der Waals surface area contributed by atoms with E-state index < -0.39 is 0 Å². The number of rotatable bonds is 7. The number of hydrogen-bond donors (Lipinski definition) is 0. The Labute approximate surface area is 85.8 Å². The van der Waals surface area contributed by atoms with Crippen molar-refractivity contribution in [2.45, 2.75) is 45.6 Å². The van der Waals surface area contributed by atoms with Crippen LogP contribution in [0, 0.1) is 5.92 Å². The summed E-state index contributed by atoms with van der Waals surface area (Å²) >= 11 is 0. The minimum absolute atomic E-state index is 0.0378. The first kappa shape index (κ1) is 11.5. The van der Waals surface area contributed by atoms with E-state index in [9.17, 15) is 4.79 Å². The molecule has 0 N–H and O–H groups in total. The maximum atomic E-state index is 11.6. The normalized spacial score (nSPS) is 19.8. The van der Waals surface area contributed by atoms with Crippen LogP contribution in [-0.2, 0) is 14.3 Å². The highest BCUT2D eigenvalue weighted by molar-refractivity contribution is 5.72. The van der Waals surface area contributed by atoms with Gasteiger partial charge in [0.2, 0.25) is 0 Å². The number of carbonyl (C=O) groups is 1. The second kappa shape index (κ2) is 6.02. The Bertz CT molecular complexity index is 169. The van der Waals surface area contributed by atoms with Crippen molar-refractivity contribution in [1.82, 2.24) is 0 Å². The van der Waals surface area contributed by atoms with Gasteiger partial charge in [0.05, 0.1) is 12.5 Å². The topological polar surface area (TPSA) is 38.8 Å². The zero-order valence-corrected chi connectivity index (χ0v) is 9.12. The van der Waals surface area contributed by atoms with Crippen LogP contribution in [0.15, 0.2) is 0 Å². The van der Waals surface area contributed by atoms with Crippen LogP contribution >= 0.6 is 0 Å². The van der Waals surface area contributed by atoms with Crippen LogP contribution in [0.4, 0.5) is 0 Å². The van der Waals surface area contributed by atoms with Gasteiger partial charge in [-0.15, -0.1) is 0 Å². The van der Waals surface area contributed by atoms with Crippen molar-refractivity contribution < 1.29 is 14.3 Å². The maximum absolute atomic E-state index is 11.6. The Morgan fingerprint density at radius 2 is 2.00 bits per heavy atom. The van der Waals surface area contributed by atoms with Gasteiger partial charge in [-0.05, 0) is 12.8 Å². The Morgan fingerprint density at radius 1 is 1.43 bits per heavy atom. The molecule has 0 aromatic rings. The Balaban J connectivity index is 2.20. The van der Waals surface area contributed by atoms with E-state index in [1.165, 1.54) is 0 Å². The van der Waals surface area contributed by atoms with Crippen LogP contribution in [0.1, 0.15) is 39.5 Å². The standard InChI is InChI=1S/C11H20O3/c1-3-5-9(6-4-2)11(12)14-8-10-7-13-10/h9-10H,3-8H2,1-2H3. The number of epoxide rings is 1. The van der Waals surface area contributed by atoms with E-state index in [4.69, 9.17) is 9.47 Å². The molecule has 1 heterocycles. The Kier molecular flexibility index (Phi) is 4.94. The fraction of sp³-hybridized carbons (Fsp3) is 0.909. The third-order valence-electron chi connectivity index (χ3n) is 2.42. The van der Waals surface area contributed by atoms with Crippen molar-refractivity contribution >= 4 is 5.97 Å². The third-order valence-corrected chi connectivity index (χ3v) is 2.42. The lowest BCUT2D eigenvalue weighted by Gasteiger charge is -2.13. The van der Waals surface area contributed by atoms with Gasteiger partial charge in [-0.25, -0.2) is 0 Å². The molecule has 1 fully saturated rings. The van der Waals surface area contributed by atoms with E-state index in [0.29, 0.717) is 6.61 Å². The molecular formula is C11H20O3. The van der Waals surface area contributed by atoms with E-state index in [0.717, 1.165) is 32.3 Å². The molecular weight excluding hydrogens is 180 g/mol. The SMILES string of the molecule is CCCC(CCC)C(=O)OCC1CO1. The summed E-state index contributed by atoms with van der Waals surface area (Å²) < 4.78 is 10.2. The van der Waals surface area contributed by atoms with Crippen molar-refractivity contribution in [3.05, 3.63) is 0 Å². The number of carbonyl (C=O) groups excluding carboxylic acids is 1. The molecule has 3 nitrogen and oxygen atoms in total. The molecule has 1 atom stereocenters. The van der Waals surface area contributed by atoms with Crippen LogP contribution < -0.4 is 0 Å². The third kappa shape index (κ3) is 4.09. The Hall–Kier alpha value is -0.570. The molecule has 14 heavy (non-hydrogen) atoms. The number of hydrogen-bond acceptors (Lipinski definition) is 3. The Morgan fingerprint density at radius 3 is 2.43 bits per heavy atom. The van der Waals surface area contributed by atoms with Crippen LogP contribution in [0.25, 0.3) is 0 Å². The average molecular weight is 200 g/mol. The highest BCUT2D eigenvalue weighted by Gasteiger charge is 2.26. The van der Waals surface area contributed by atoms with Crippen molar-refractivity contribution in [1.29, 1.82) is 0 Å². The van der Waals surface area contributed by atoms with Crippen molar-refractivity contribution in [3.63, 3.8) is 0 Å². The largest absolute Gasteiger partial charge is 0.463 e. The zero-order chi connectivity index (χ0) is 10.4. The molecule has 1 aliphatic heterocycles. The smallest absolute Gasteiger partial charge is 0.309 e. The molecule has 0 aromatic heterocycles. The average Bonchev–Trinajstić information content (AvgIpc) is 2.97. The second-order valence-electron chi connectivity index (χ2n) is 3.86. The van der Waals surface area contributed by atoms with Crippen LogP contribution in [0.3, 0.4) is 0 Å². The number of ether oxygens (including phenoxy) is 2. The minimum atomic E-state index is -0.0378. The van der Waals surface area contributed by atoms with Gasteiger partial charge in [0.1, 0.15) is 12.7 Å². The summed E-state index contributed by atoms with van der Waals surface area (Å²) in [7, 11) is 0. The first-order valence-electron chi connectivity index (χ1n) is 5.56. The van der Waals surface area contributed by atoms with Crippen molar-refractivity contribution in [3.8, 4) is 0 Å². The molecule has 0 bridgehead atoms. The second-order valence-corrected chi connectivity index (χ2v) is 3.86. The minimum Gasteiger partial charge on any atom is -0.463 e. The van der Waals surface area contributed by atoms with Crippen LogP contribution in [0.2, 0.25) is 0 Å².